The summed E-state index contributed by atoms with van der Waals surface area (Å²) in [5, 5.41) is 5.73. The van der Waals surface area contributed by atoms with Crippen LogP contribution in [0.25, 0.3) is 0 Å². The van der Waals surface area contributed by atoms with Gasteiger partial charge in [0.1, 0.15) is 5.75 Å². The van der Waals surface area contributed by atoms with Gasteiger partial charge in [-0.1, -0.05) is 44.9 Å². The van der Waals surface area contributed by atoms with E-state index < -0.39 is 0 Å². The largest absolute Gasteiger partial charge is 0.493 e. The summed E-state index contributed by atoms with van der Waals surface area (Å²) in [5.41, 5.74) is 1.58. The van der Waals surface area contributed by atoms with Gasteiger partial charge in [-0.3, -0.25) is 9.59 Å². The summed E-state index contributed by atoms with van der Waals surface area (Å²) in [6.45, 7) is 5.39. The zero-order chi connectivity index (χ0) is 19.5. The van der Waals surface area contributed by atoms with E-state index in [1.807, 2.05) is 6.07 Å². The van der Waals surface area contributed by atoms with Crippen molar-refractivity contribution >= 4 is 17.5 Å². The first-order valence-corrected chi connectivity index (χ1v) is 9.57. The molecule has 0 saturated heterocycles. The molecule has 0 unspecified atom stereocenters. The first kappa shape index (κ1) is 20.5. The Morgan fingerprint density at radius 1 is 0.926 bits per heavy atom. The standard InChI is InChI=1S/C22H28N2O3/c1-3-5-14-23-21(25)17-10-9-11-18(16-17)24-22(26)19-12-7-8-13-20(19)27-15-6-4-2/h7-13,16H,3-6,14-15H2,1-2H3,(H,23,25)(H,24,26). The quantitative estimate of drug-likeness (QED) is 0.600. The van der Waals surface area contributed by atoms with Crippen LogP contribution < -0.4 is 15.4 Å². The minimum absolute atomic E-state index is 0.136. The van der Waals surface area contributed by atoms with Crippen molar-refractivity contribution in [1.29, 1.82) is 0 Å². The molecular formula is C22H28N2O3. The summed E-state index contributed by atoms with van der Waals surface area (Å²) in [4.78, 5) is 24.9. The van der Waals surface area contributed by atoms with Crippen LogP contribution in [0.3, 0.4) is 0 Å². The van der Waals surface area contributed by atoms with Crippen molar-refractivity contribution in [3.8, 4) is 5.75 Å². The lowest BCUT2D eigenvalue weighted by molar-refractivity contribution is 0.0951. The average molecular weight is 368 g/mol. The molecule has 0 spiro atoms. The highest BCUT2D eigenvalue weighted by molar-refractivity contribution is 6.06. The third kappa shape index (κ3) is 6.44. The molecule has 2 rings (SSSR count). The van der Waals surface area contributed by atoms with E-state index in [1.165, 1.54) is 0 Å². The molecule has 0 aliphatic heterocycles. The Bertz CT molecular complexity index is 759. The fraction of sp³-hybridized carbons (Fsp3) is 0.364. The van der Waals surface area contributed by atoms with E-state index in [2.05, 4.69) is 24.5 Å². The first-order chi connectivity index (χ1) is 13.2. The van der Waals surface area contributed by atoms with Gasteiger partial charge in [0.2, 0.25) is 0 Å². The third-order valence-electron chi connectivity index (χ3n) is 4.09. The van der Waals surface area contributed by atoms with Crippen LogP contribution in [-0.4, -0.2) is 25.0 Å². The van der Waals surface area contributed by atoms with Gasteiger partial charge in [-0.25, -0.2) is 0 Å². The molecule has 0 atom stereocenters. The number of carbonyl (C=O) groups is 2. The molecule has 2 aromatic carbocycles. The molecule has 5 heteroatoms. The predicted octanol–water partition coefficient (Wildman–Crippen LogP) is 4.65. The zero-order valence-corrected chi connectivity index (χ0v) is 16.1. The maximum Gasteiger partial charge on any atom is 0.259 e. The van der Waals surface area contributed by atoms with E-state index in [-0.39, 0.29) is 11.8 Å². The van der Waals surface area contributed by atoms with Crippen LogP contribution in [0.2, 0.25) is 0 Å². The number of para-hydroxylation sites is 1. The fourth-order valence-corrected chi connectivity index (χ4v) is 2.52. The van der Waals surface area contributed by atoms with Gasteiger partial charge in [-0.2, -0.15) is 0 Å². The van der Waals surface area contributed by atoms with Crippen molar-refractivity contribution in [3.05, 3.63) is 59.7 Å². The molecular weight excluding hydrogens is 340 g/mol. The number of ether oxygens (including phenoxy) is 1. The lowest BCUT2D eigenvalue weighted by Crippen LogP contribution is -2.24. The number of amides is 2. The minimum Gasteiger partial charge on any atom is -0.493 e. The molecule has 2 N–H and O–H groups in total. The molecule has 0 saturated carbocycles. The minimum atomic E-state index is -0.259. The molecule has 0 aliphatic rings. The van der Waals surface area contributed by atoms with Crippen molar-refractivity contribution in [1.82, 2.24) is 5.32 Å². The van der Waals surface area contributed by atoms with E-state index in [1.54, 1.807) is 42.5 Å². The molecule has 0 aliphatic carbocycles. The highest BCUT2D eigenvalue weighted by Gasteiger charge is 2.13. The Morgan fingerprint density at radius 3 is 2.48 bits per heavy atom. The van der Waals surface area contributed by atoms with Gasteiger partial charge in [0, 0.05) is 17.8 Å². The summed E-state index contributed by atoms with van der Waals surface area (Å²) < 4.78 is 5.73. The summed E-state index contributed by atoms with van der Waals surface area (Å²) in [6.07, 6.45) is 3.93. The van der Waals surface area contributed by atoms with Gasteiger partial charge in [0.15, 0.2) is 0 Å². The Kier molecular flexibility index (Phi) is 8.36. The maximum absolute atomic E-state index is 12.7. The van der Waals surface area contributed by atoms with Gasteiger partial charge < -0.3 is 15.4 Å². The van der Waals surface area contributed by atoms with Crippen LogP contribution in [0.1, 0.15) is 60.2 Å². The number of unbranched alkanes of at least 4 members (excludes halogenated alkanes) is 2. The third-order valence-corrected chi connectivity index (χ3v) is 4.09. The Balaban J connectivity index is 2.06. The highest BCUT2D eigenvalue weighted by Crippen LogP contribution is 2.20. The molecule has 2 amide bonds. The second-order valence-corrected chi connectivity index (χ2v) is 6.34. The lowest BCUT2D eigenvalue weighted by atomic mass is 10.1. The average Bonchev–Trinajstić information content (AvgIpc) is 2.69. The number of rotatable bonds is 10. The Hall–Kier alpha value is -2.82. The molecule has 5 nitrogen and oxygen atoms in total. The zero-order valence-electron chi connectivity index (χ0n) is 16.1. The summed E-state index contributed by atoms with van der Waals surface area (Å²) in [5.74, 6) is 0.172. The topological polar surface area (TPSA) is 67.4 Å². The van der Waals surface area contributed by atoms with Crippen molar-refractivity contribution in [3.63, 3.8) is 0 Å². The second-order valence-electron chi connectivity index (χ2n) is 6.34. The second kappa shape index (κ2) is 11.0. The molecule has 0 fully saturated rings. The van der Waals surface area contributed by atoms with E-state index in [4.69, 9.17) is 4.74 Å². The normalized spacial score (nSPS) is 10.3. The van der Waals surface area contributed by atoms with Gasteiger partial charge in [0.25, 0.3) is 11.8 Å². The Labute approximate surface area is 161 Å². The van der Waals surface area contributed by atoms with Gasteiger partial charge >= 0.3 is 0 Å². The maximum atomic E-state index is 12.7. The molecule has 0 bridgehead atoms. The number of nitrogens with one attached hydrogen (secondary N) is 2. The van der Waals surface area contributed by atoms with Crippen LogP contribution in [0.4, 0.5) is 5.69 Å². The number of hydrogen-bond acceptors (Lipinski definition) is 3. The van der Waals surface area contributed by atoms with Gasteiger partial charge in [0.05, 0.1) is 12.2 Å². The van der Waals surface area contributed by atoms with Crippen molar-refractivity contribution in [2.45, 2.75) is 39.5 Å². The van der Waals surface area contributed by atoms with Crippen molar-refractivity contribution in [2.24, 2.45) is 0 Å². The molecule has 0 heterocycles. The molecule has 2 aromatic rings. The number of hydrogen-bond donors (Lipinski definition) is 2. The number of benzene rings is 2. The van der Waals surface area contributed by atoms with Gasteiger partial charge in [-0.05, 0) is 43.2 Å². The smallest absolute Gasteiger partial charge is 0.259 e. The number of carbonyl (C=O) groups excluding carboxylic acids is 2. The monoisotopic (exact) mass is 368 g/mol. The van der Waals surface area contributed by atoms with Crippen LogP contribution in [0, 0.1) is 0 Å². The molecule has 0 radical (unpaired) electrons. The summed E-state index contributed by atoms with van der Waals surface area (Å²) >= 11 is 0. The fourth-order valence-electron chi connectivity index (χ4n) is 2.52. The van der Waals surface area contributed by atoms with Gasteiger partial charge in [-0.15, -0.1) is 0 Å². The first-order valence-electron chi connectivity index (χ1n) is 9.57. The Morgan fingerprint density at radius 2 is 1.70 bits per heavy atom. The van der Waals surface area contributed by atoms with E-state index in [9.17, 15) is 9.59 Å². The molecule has 144 valence electrons. The van der Waals surface area contributed by atoms with E-state index in [0.29, 0.717) is 35.7 Å². The van der Waals surface area contributed by atoms with Crippen molar-refractivity contribution < 1.29 is 14.3 Å². The van der Waals surface area contributed by atoms with Crippen LogP contribution in [0.5, 0.6) is 5.75 Å². The van der Waals surface area contributed by atoms with Crippen LogP contribution in [-0.2, 0) is 0 Å². The highest BCUT2D eigenvalue weighted by atomic mass is 16.5. The summed E-state index contributed by atoms with van der Waals surface area (Å²) in [7, 11) is 0. The van der Waals surface area contributed by atoms with Crippen molar-refractivity contribution in [2.75, 3.05) is 18.5 Å². The van der Waals surface area contributed by atoms with Crippen LogP contribution >= 0.6 is 0 Å². The molecule has 0 aromatic heterocycles. The van der Waals surface area contributed by atoms with E-state index >= 15 is 0 Å². The molecule has 27 heavy (non-hydrogen) atoms. The van der Waals surface area contributed by atoms with Crippen LogP contribution in [0.15, 0.2) is 48.5 Å². The SMILES string of the molecule is CCCCNC(=O)c1cccc(NC(=O)c2ccccc2OCCCC)c1. The number of anilines is 1. The lowest BCUT2D eigenvalue weighted by Gasteiger charge is -2.12. The summed E-state index contributed by atoms with van der Waals surface area (Å²) in [6, 6.07) is 14.1. The predicted molar refractivity (Wildman–Crippen MR) is 108 cm³/mol. The van der Waals surface area contributed by atoms with E-state index in [0.717, 1.165) is 25.7 Å².